The van der Waals surface area contributed by atoms with Crippen LogP contribution in [0.4, 0.5) is 0 Å². The van der Waals surface area contributed by atoms with E-state index >= 15 is 0 Å². The molecule has 0 aliphatic heterocycles. The van der Waals surface area contributed by atoms with E-state index in [9.17, 15) is 10.2 Å². The van der Waals surface area contributed by atoms with Gasteiger partial charge in [0.15, 0.2) is 0 Å². The van der Waals surface area contributed by atoms with Gasteiger partial charge in [-0.3, -0.25) is 0 Å². The standard InChI is InChI=1S/C17H36O2/c1-3-5-7-8-9-10-11-12-13-15-17(19,16-18)14-6-4-2/h18-19H,3-16H2,1-2H3. The van der Waals surface area contributed by atoms with E-state index in [1.54, 1.807) is 0 Å². The summed E-state index contributed by atoms with van der Waals surface area (Å²) in [4.78, 5) is 0. The van der Waals surface area contributed by atoms with E-state index in [1.807, 2.05) is 0 Å². The summed E-state index contributed by atoms with van der Waals surface area (Å²) in [5.41, 5.74) is -0.808. The Bertz CT molecular complexity index is 182. The quantitative estimate of drug-likeness (QED) is 0.445. The van der Waals surface area contributed by atoms with Gasteiger partial charge in [0.2, 0.25) is 0 Å². The van der Waals surface area contributed by atoms with E-state index < -0.39 is 5.60 Å². The number of rotatable bonds is 14. The topological polar surface area (TPSA) is 40.5 Å². The molecule has 0 saturated heterocycles. The Morgan fingerprint density at radius 1 is 0.632 bits per heavy atom. The lowest BCUT2D eigenvalue weighted by atomic mass is 9.91. The maximum absolute atomic E-state index is 10.2. The molecule has 0 amide bonds. The monoisotopic (exact) mass is 272 g/mol. The van der Waals surface area contributed by atoms with Gasteiger partial charge in [-0.15, -0.1) is 0 Å². The summed E-state index contributed by atoms with van der Waals surface area (Å²) >= 11 is 0. The number of unbranched alkanes of at least 4 members (excludes halogenated alkanes) is 9. The lowest BCUT2D eigenvalue weighted by Crippen LogP contribution is -2.33. The molecule has 116 valence electrons. The predicted octanol–water partition coefficient (Wildman–Crippen LogP) is 4.82. The maximum Gasteiger partial charge on any atom is 0.0877 e. The third-order valence-corrected chi connectivity index (χ3v) is 4.04. The molecule has 0 aromatic heterocycles. The third-order valence-electron chi connectivity index (χ3n) is 4.04. The van der Waals surface area contributed by atoms with Gasteiger partial charge in [-0.2, -0.15) is 0 Å². The highest BCUT2D eigenvalue weighted by molar-refractivity contribution is 4.77. The molecule has 0 aliphatic carbocycles. The molecule has 2 N–H and O–H groups in total. The van der Waals surface area contributed by atoms with Crippen LogP contribution in [0, 0.1) is 0 Å². The third kappa shape index (κ3) is 11.4. The summed E-state index contributed by atoms with van der Waals surface area (Å²) in [6.45, 7) is 4.29. The molecule has 0 bridgehead atoms. The molecule has 19 heavy (non-hydrogen) atoms. The molecule has 0 aromatic rings. The smallest absolute Gasteiger partial charge is 0.0877 e. The summed E-state index contributed by atoms with van der Waals surface area (Å²) in [5, 5.41) is 19.5. The summed E-state index contributed by atoms with van der Waals surface area (Å²) in [6.07, 6.45) is 15.3. The maximum atomic E-state index is 10.2. The van der Waals surface area contributed by atoms with Crippen molar-refractivity contribution in [1.82, 2.24) is 0 Å². The highest BCUT2D eigenvalue weighted by Crippen LogP contribution is 2.22. The molecule has 2 heteroatoms. The Hall–Kier alpha value is -0.0800. The molecule has 0 radical (unpaired) electrons. The van der Waals surface area contributed by atoms with Crippen LogP contribution >= 0.6 is 0 Å². The molecule has 0 aliphatic rings. The second kappa shape index (κ2) is 12.9. The van der Waals surface area contributed by atoms with Crippen molar-refractivity contribution in [3.63, 3.8) is 0 Å². The zero-order chi connectivity index (χ0) is 14.4. The minimum absolute atomic E-state index is 0.0793. The minimum atomic E-state index is -0.808. The van der Waals surface area contributed by atoms with E-state index in [1.165, 1.54) is 51.4 Å². The number of hydrogen-bond acceptors (Lipinski definition) is 2. The van der Waals surface area contributed by atoms with Gasteiger partial charge in [0, 0.05) is 0 Å². The molecule has 0 saturated carbocycles. The van der Waals surface area contributed by atoms with Crippen molar-refractivity contribution in [2.24, 2.45) is 0 Å². The minimum Gasteiger partial charge on any atom is -0.393 e. The van der Waals surface area contributed by atoms with Gasteiger partial charge in [-0.05, 0) is 12.8 Å². The Kier molecular flexibility index (Phi) is 12.9. The summed E-state index contributed by atoms with van der Waals surface area (Å²) in [5.74, 6) is 0. The Morgan fingerprint density at radius 2 is 1.05 bits per heavy atom. The SMILES string of the molecule is CCCCCCCCCCCC(O)(CO)CCCC. The normalized spacial score (nSPS) is 14.5. The number of aliphatic hydroxyl groups is 2. The zero-order valence-corrected chi connectivity index (χ0v) is 13.3. The molecular weight excluding hydrogens is 236 g/mol. The van der Waals surface area contributed by atoms with Crippen molar-refractivity contribution in [3.8, 4) is 0 Å². The van der Waals surface area contributed by atoms with Crippen molar-refractivity contribution in [3.05, 3.63) is 0 Å². The van der Waals surface area contributed by atoms with Crippen LogP contribution < -0.4 is 0 Å². The summed E-state index contributed by atoms with van der Waals surface area (Å²) in [7, 11) is 0. The van der Waals surface area contributed by atoms with Crippen LogP contribution in [0.1, 0.15) is 97.3 Å². The Balaban J connectivity index is 3.40. The van der Waals surface area contributed by atoms with Crippen molar-refractivity contribution >= 4 is 0 Å². The van der Waals surface area contributed by atoms with Crippen molar-refractivity contribution in [2.45, 2.75) is 103 Å². The zero-order valence-electron chi connectivity index (χ0n) is 13.3. The van der Waals surface area contributed by atoms with Crippen molar-refractivity contribution < 1.29 is 10.2 Å². The fourth-order valence-corrected chi connectivity index (χ4v) is 2.55. The van der Waals surface area contributed by atoms with Crippen LogP contribution in [0.5, 0.6) is 0 Å². The summed E-state index contributed by atoms with van der Waals surface area (Å²) in [6, 6.07) is 0. The molecule has 0 heterocycles. The largest absolute Gasteiger partial charge is 0.393 e. The van der Waals surface area contributed by atoms with Gasteiger partial charge in [0.25, 0.3) is 0 Å². The van der Waals surface area contributed by atoms with Gasteiger partial charge in [0.05, 0.1) is 12.2 Å². The van der Waals surface area contributed by atoms with Crippen LogP contribution in [0.2, 0.25) is 0 Å². The van der Waals surface area contributed by atoms with E-state index in [4.69, 9.17) is 0 Å². The average molecular weight is 272 g/mol. The van der Waals surface area contributed by atoms with E-state index in [-0.39, 0.29) is 6.61 Å². The molecule has 0 aromatic carbocycles. The predicted molar refractivity (Wildman–Crippen MR) is 83.4 cm³/mol. The van der Waals surface area contributed by atoms with Gasteiger partial charge in [0.1, 0.15) is 0 Å². The fraction of sp³-hybridized carbons (Fsp3) is 1.00. The molecule has 0 fully saturated rings. The average Bonchev–Trinajstić information content (AvgIpc) is 2.43. The molecule has 2 nitrogen and oxygen atoms in total. The number of hydrogen-bond donors (Lipinski definition) is 2. The lowest BCUT2D eigenvalue weighted by Gasteiger charge is -2.25. The molecule has 0 rings (SSSR count). The fourth-order valence-electron chi connectivity index (χ4n) is 2.55. The first-order chi connectivity index (χ1) is 9.18. The Labute approximate surface area is 120 Å². The van der Waals surface area contributed by atoms with Crippen LogP contribution in [0.3, 0.4) is 0 Å². The van der Waals surface area contributed by atoms with Gasteiger partial charge >= 0.3 is 0 Å². The van der Waals surface area contributed by atoms with E-state index in [0.29, 0.717) is 0 Å². The lowest BCUT2D eigenvalue weighted by molar-refractivity contribution is -0.0311. The molecular formula is C17H36O2. The molecule has 1 unspecified atom stereocenters. The molecule has 1 atom stereocenters. The first kappa shape index (κ1) is 18.9. The van der Waals surface area contributed by atoms with E-state index in [2.05, 4.69) is 13.8 Å². The number of aliphatic hydroxyl groups excluding tert-OH is 1. The van der Waals surface area contributed by atoms with Crippen LogP contribution in [0.25, 0.3) is 0 Å². The van der Waals surface area contributed by atoms with Crippen molar-refractivity contribution in [2.75, 3.05) is 6.61 Å². The van der Waals surface area contributed by atoms with Gasteiger partial charge in [-0.25, -0.2) is 0 Å². The first-order valence-electron chi connectivity index (χ1n) is 8.51. The van der Waals surface area contributed by atoms with Gasteiger partial charge < -0.3 is 10.2 Å². The van der Waals surface area contributed by atoms with Crippen LogP contribution in [0.15, 0.2) is 0 Å². The first-order valence-corrected chi connectivity index (χ1v) is 8.51. The highest BCUT2D eigenvalue weighted by Gasteiger charge is 2.24. The van der Waals surface area contributed by atoms with Crippen LogP contribution in [-0.4, -0.2) is 22.4 Å². The highest BCUT2D eigenvalue weighted by atomic mass is 16.3. The van der Waals surface area contributed by atoms with Crippen molar-refractivity contribution in [1.29, 1.82) is 0 Å². The Morgan fingerprint density at radius 3 is 1.53 bits per heavy atom. The van der Waals surface area contributed by atoms with Gasteiger partial charge in [-0.1, -0.05) is 84.5 Å². The second-order valence-corrected chi connectivity index (χ2v) is 6.06. The van der Waals surface area contributed by atoms with Crippen LogP contribution in [-0.2, 0) is 0 Å². The molecule has 0 spiro atoms. The second-order valence-electron chi connectivity index (χ2n) is 6.06. The van der Waals surface area contributed by atoms with E-state index in [0.717, 1.165) is 32.1 Å². The summed E-state index contributed by atoms with van der Waals surface area (Å²) < 4.78 is 0.